The summed E-state index contributed by atoms with van der Waals surface area (Å²) in [7, 11) is 0. The van der Waals surface area contributed by atoms with Crippen molar-refractivity contribution in [2.24, 2.45) is 0 Å². The molecule has 0 rings (SSSR count). The fourth-order valence-corrected chi connectivity index (χ4v) is 0.761. The molecule has 0 aromatic rings. The van der Waals surface area contributed by atoms with E-state index in [2.05, 4.69) is 0 Å². The molecule has 0 radical (unpaired) electrons. The molecule has 0 amide bonds. The second-order valence-electron chi connectivity index (χ2n) is 3.34. The third kappa shape index (κ3) is 2.26. The van der Waals surface area contributed by atoms with Gasteiger partial charge in [-0.15, -0.1) is 0 Å². The average molecular weight is 336 g/mol. The van der Waals surface area contributed by atoms with Crippen molar-refractivity contribution in [1.82, 2.24) is 0 Å². The summed E-state index contributed by atoms with van der Waals surface area (Å²) >= 11 is 0. The van der Waals surface area contributed by atoms with Gasteiger partial charge in [-0.25, -0.2) is 0 Å². The lowest BCUT2D eigenvalue weighted by Crippen LogP contribution is -2.70. The molecule has 0 aliphatic rings. The lowest BCUT2D eigenvalue weighted by atomic mass is 9.97. The molecular weight excluding hydrogens is 335 g/mol. The molecule has 1 N–H and O–H groups in total. The highest BCUT2D eigenvalue weighted by Crippen LogP contribution is 2.59. The Hall–Kier alpha value is -0.950. The van der Waals surface area contributed by atoms with E-state index in [0.29, 0.717) is 0 Å². The summed E-state index contributed by atoms with van der Waals surface area (Å²) in [5.74, 6) is -30.8. The van der Waals surface area contributed by atoms with Gasteiger partial charge in [-0.1, -0.05) is 0 Å². The second kappa shape index (κ2) is 4.27. The number of halogens is 13. The molecule has 0 heterocycles. The molecule has 0 aliphatic carbocycles. The van der Waals surface area contributed by atoms with Crippen molar-refractivity contribution in [3.8, 4) is 0 Å². The second-order valence-corrected chi connectivity index (χ2v) is 3.34. The Morgan fingerprint density at radius 1 is 0.400 bits per heavy atom. The van der Waals surface area contributed by atoms with Crippen LogP contribution in [0.25, 0.3) is 0 Å². The molecule has 1 nitrogen and oxygen atoms in total. The Labute approximate surface area is 99.5 Å². The highest BCUT2D eigenvalue weighted by atomic mass is 19.4. The van der Waals surface area contributed by atoms with Crippen LogP contribution in [0.2, 0.25) is 0 Å². The number of aliphatic hydroxyl groups is 1. The van der Waals surface area contributed by atoms with Crippen LogP contribution < -0.4 is 0 Å². The molecule has 0 aromatic carbocycles. The molecule has 1 atom stereocenters. The van der Waals surface area contributed by atoms with Crippen LogP contribution in [0, 0.1) is 0 Å². The Kier molecular flexibility index (Phi) is 4.07. The summed E-state index contributed by atoms with van der Waals surface area (Å²) in [5.41, 5.74) is 0. The van der Waals surface area contributed by atoms with Crippen molar-refractivity contribution >= 4 is 0 Å². The van der Waals surface area contributed by atoms with Crippen LogP contribution in [-0.2, 0) is 0 Å². The predicted molar refractivity (Wildman–Crippen MR) is 33.0 cm³/mol. The van der Waals surface area contributed by atoms with Crippen LogP contribution in [-0.4, -0.2) is 41.1 Å². The van der Waals surface area contributed by atoms with Gasteiger partial charge in [0.1, 0.15) is 0 Å². The van der Waals surface area contributed by atoms with Gasteiger partial charge < -0.3 is 5.11 Å². The molecular formula is C6HF13O. The monoisotopic (exact) mass is 336 g/mol. The molecule has 0 aliphatic heterocycles. The minimum atomic E-state index is -7.92. The van der Waals surface area contributed by atoms with E-state index in [-0.39, 0.29) is 0 Å². The fourth-order valence-electron chi connectivity index (χ4n) is 0.761. The van der Waals surface area contributed by atoms with E-state index in [1.165, 1.54) is 0 Å². The van der Waals surface area contributed by atoms with Crippen molar-refractivity contribution in [1.29, 1.82) is 0 Å². The highest BCUT2D eigenvalue weighted by molar-refractivity contribution is 5.07. The van der Waals surface area contributed by atoms with Gasteiger partial charge in [0.2, 0.25) is 0 Å². The fraction of sp³-hybridized carbons (Fsp3) is 1.00. The summed E-state index contributed by atoms with van der Waals surface area (Å²) in [4.78, 5) is 0. The van der Waals surface area contributed by atoms with Crippen molar-refractivity contribution < 1.29 is 62.2 Å². The van der Waals surface area contributed by atoms with E-state index in [1.54, 1.807) is 0 Å². The van der Waals surface area contributed by atoms with Crippen LogP contribution in [0.3, 0.4) is 0 Å². The number of rotatable bonds is 3. The largest absolute Gasteiger partial charge is 0.460 e. The Bertz CT molecular complexity index is 324. The summed E-state index contributed by atoms with van der Waals surface area (Å²) in [5, 5.41) is 7.62. The first-order valence-corrected chi connectivity index (χ1v) is 3.93. The normalized spacial score (nSPS) is 18.9. The smallest absolute Gasteiger partial charge is 0.350 e. The summed E-state index contributed by atoms with van der Waals surface area (Å²) in [6.07, 6.45) is -14.7. The third-order valence-electron chi connectivity index (χ3n) is 1.94. The van der Waals surface area contributed by atoms with Gasteiger partial charge in [0, 0.05) is 0 Å². The van der Waals surface area contributed by atoms with E-state index in [0.717, 1.165) is 0 Å². The van der Waals surface area contributed by atoms with E-state index < -0.39 is 36.0 Å². The molecule has 1 unspecified atom stereocenters. The lowest BCUT2D eigenvalue weighted by Gasteiger charge is -2.38. The van der Waals surface area contributed by atoms with Gasteiger partial charge in [0.05, 0.1) is 0 Å². The van der Waals surface area contributed by atoms with Crippen LogP contribution >= 0.6 is 0 Å². The van der Waals surface area contributed by atoms with Crippen LogP contribution in [0.5, 0.6) is 0 Å². The van der Waals surface area contributed by atoms with Gasteiger partial charge >= 0.3 is 36.0 Å². The molecule has 0 saturated carbocycles. The van der Waals surface area contributed by atoms with E-state index >= 15 is 0 Å². The molecule has 20 heavy (non-hydrogen) atoms. The van der Waals surface area contributed by atoms with E-state index in [9.17, 15) is 57.1 Å². The van der Waals surface area contributed by atoms with Gasteiger partial charge in [0.15, 0.2) is 0 Å². The van der Waals surface area contributed by atoms with E-state index in [4.69, 9.17) is 5.11 Å². The zero-order valence-corrected chi connectivity index (χ0v) is 8.36. The summed E-state index contributed by atoms with van der Waals surface area (Å²) in [6, 6.07) is 0. The quantitative estimate of drug-likeness (QED) is 0.780. The minimum absolute atomic E-state index is 7.26. The molecule has 0 aromatic heterocycles. The van der Waals surface area contributed by atoms with Crippen LogP contribution in [0.4, 0.5) is 57.1 Å². The van der Waals surface area contributed by atoms with Crippen molar-refractivity contribution in [3.63, 3.8) is 0 Å². The first kappa shape index (κ1) is 19.1. The first-order chi connectivity index (χ1) is 8.25. The Balaban J connectivity index is 6.08. The predicted octanol–water partition coefficient (Wildman–Crippen LogP) is 3.67. The van der Waals surface area contributed by atoms with Crippen molar-refractivity contribution in [2.75, 3.05) is 0 Å². The average Bonchev–Trinajstić information content (AvgIpc) is 2.12. The minimum Gasteiger partial charge on any atom is -0.350 e. The van der Waals surface area contributed by atoms with Crippen molar-refractivity contribution in [2.45, 2.75) is 36.0 Å². The molecule has 0 saturated heterocycles. The molecule has 0 fully saturated rings. The maximum atomic E-state index is 12.4. The zero-order chi connectivity index (χ0) is 17.0. The van der Waals surface area contributed by atoms with Crippen LogP contribution in [0.15, 0.2) is 0 Å². The van der Waals surface area contributed by atoms with Gasteiger partial charge in [-0.05, 0) is 0 Å². The molecule has 0 bridgehead atoms. The first-order valence-electron chi connectivity index (χ1n) is 3.93. The standard InChI is InChI=1S/C6HF13O/c7-1(8,3(11,12)5(14,15)16)2(9,10)4(13,20)6(17,18)19/h20H. The molecule has 122 valence electrons. The van der Waals surface area contributed by atoms with Gasteiger partial charge in [0.25, 0.3) is 0 Å². The van der Waals surface area contributed by atoms with Crippen LogP contribution in [0.1, 0.15) is 0 Å². The Morgan fingerprint density at radius 2 is 0.700 bits per heavy atom. The van der Waals surface area contributed by atoms with Gasteiger partial charge in [-0.3, -0.25) is 0 Å². The topological polar surface area (TPSA) is 20.2 Å². The van der Waals surface area contributed by atoms with Crippen molar-refractivity contribution in [3.05, 3.63) is 0 Å². The molecule has 0 spiro atoms. The number of alkyl halides is 13. The maximum Gasteiger partial charge on any atom is 0.460 e. The number of hydrogen-bond acceptors (Lipinski definition) is 1. The summed E-state index contributed by atoms with van der Waals surface area (Å²) in [6.45, 7) is 0. The zero-order valence-electron chi connectivity index (χ0n) is 8.36. The molecule has 14 heteroatoms. The third-order valence-corrected chi connectivity index (χ3v) is 1.94. The Morgan fingerprint density at radius 3 is 0.900 bits per heavy atom. The lowest BCUT2D eigenvalue weighted by molar-refractivity contribution is -0.465. The highest BCUT2D eigenvalue weighted by Gasteiger charge is 2.90. The SMILES string of the molecule is OC(F)(C(F)(F)F)C(F)(F)C(F)(F)C(F)(F)C(F)(F)F. The summed E-state index contributed by atoms with van der Waals surface area (Å²) < 4.78 is 155. The van der Waals surface area contributed by atoms with E-state index in [1.807, 2.05) is 0 Å². The maximum absolute atomic E-state index is 12.4. The van der Waals surface area contributed by atoms with Gasteiger partial charge in [-0.2, -0.15) is 57.1 Å². The number of hydrogen-bond donors (Lipinski definition) is 1.